The van der Waals surface area contributed by atoms with Crippen molar-refractivity contribution in [1.29, 1.82) is 0 Å². The minimum atomic E-state index is -0.710. The van der Waals surface area contributed by atoms with Crippen LogP contribution in [0.25, 0.3) is 77.2 Å². The lowest BCUT2D eigenvalue weighted by atomic mass is 9.92. The number of hydrogen-bond donors (Lipinski definition) is 0. The predicted octanol–water partition coefficient (Wildman–Crippen LogP) is 14.3. The van der Waals surface area contributed by atoms with Gasteiger partial charge in [0, 0.05) is 44.5 Å². The molecule has 0 saturated carbocycles. The van der Waals surface area contributed by atoms with Gasteiger partial charge >= 0.3 is 0 Å². The van der Waals surface area contributed by atoms with E-state index in [0.29, 0.717) is 17.8 Å². The van der Waals surface area contributed by atoms with Crippen molar-refractivity contribution in [3.63, 3.8) is 0 Å². The van der Waals surface area contributed by atoms with Crippen LogP contribution in [-0.2, 0) is 0 Å². The summed E-state index contributed by atoms with van der Waals surface area (Å²) in [7, 11) is 0. The highest BCUT2D eigenvalue weighted by Crippen LogP contribution is 2.52. The van der Waals surface area contributed by atoms with Gasteiger partial charge in [-0.3, -0.25) is 0 Å². The van der Waals surface area contributed by atoms with E-state index >= 15 is 0 Å². The Morgan fingerprint density at radius 1 is 0.491 bits per heavy atom. The van der Waals surface area contributed by atoms with Crippen LogP contribution in [0.3, 0.4) is 0 Å². The van der Waals surface area contributed by atoms with Crippen LogP contribution in [0.2, 0.25) is 0 Å². The molecular formula is C54H37N3. The topological polar surface area (TPSA) is 13.1 Å². The second-order valence-corrected chi connectivity index (χ2v) is 14.3. The second-order valence-electron chi connectivity index (χ2n) is 14.3. The molecule has 12 rings (SSSR count). The lowest BCUT2D eigenvalue weighted by Gasteiger charge is -2.26. The number of nitrogens with zero attached hydrogens (tertiary/aromatic N) is 3. The van der Waals surface area contributed by atoms with E-state index in [0.717, 1.165) is 60.5 Å². The first-order valence-corrected chi connectivity index (χ1v) is 18.8. The number of aromatic nitrogens is 2. The van der Waals surface area contributed by atoms with Gasteiger partial charge in [-0.05, 0) is 94.8 Å². The standard InChI is InChI=1S/C54H37N3/c1-3-16-36(17-4-1)38-32-39(37-18-5-2-6-19-37)34-41(33-38)55-48-25-11-7-22-44(48)46-31-30-40(35-53(46)55)56-49-26-12-10-23-45(49)47-24-15-29-52(54(47)56)57-50-27-13-8-20-42(50)43-21-9-14-28-51(43)57/h1-21,23-35,44H,22H2/i1D,2D,3D,4D,5D,6D,16D,17D,18D,19D,32D,33D,34D. The predicted molar refractivity (Wildman–Crippen MR) is 239 cm³/mol. The van der Waals surface area contributed by atoms with Crippen molar-refractivity contribution in [2.24, 2.45) is 0 Å². The zero-order chi connectivity index (χ0) is 48.8. The Morgan fingerprint density at radius 2 is 1.07 bits per heavy atom. The monoisotopic (exact) mass is 740 g/mol. The normalized spacial score (nSPS) is 18.0. The third-order valence-corrected chi connectivity index (χ3v) is 11.2. The summed E-state index contributed by atoms with van der Waals surface area (Å²) < 4.78 is 121. The minimum Gasteiger partial charge on any atom is -0.313 e. The lowest BCUT2D eigenvalue weighted by molar-refractivity contribution is 0.819. The number of fused-ring (bicyclic) bond motifs is 9. The van der Waals surface area contributed by atoms with E-state index in [2.05, 4.69) is 69.8 Å². The lowest BCUT2D eigenvalue weighted by Crippen LogP contribution is -2.15. The molecule has 1 unspecified atom stereocenters. The molecule has 2 aromatic heterocycles. The first-order valence-electron chi connectivity index (χ1n) is 25.3. The van der Waals surface area contributed by atoms with Crippen LogP contribution in [0.4, 0.5) is 11.4 Å². The molecule has 0 radical (unpaired) electrons. The molecule has 1 aliphatic heterocycles. The minimum absolute atomic E-state index is 0.157. The van der Waals surface area contributed by atoms with Gasteiger partial charge in [-0.2, -0.15) is 0 Å². The summed E-state index contributed by atoms with van der Waals surface area (Å²) in [6.07, 6.45) is 6.31. The maximum Gasteiger partial charge on any atom is 0.0782 e. The third-order valence-electron chi connectivity index (χ3n) is 11.2. The van der Waals surface area contributed by atoms with Crippen LogP contribution in [0.5, 0.6) is 0 Å². The molecular weight excluding hydrogens is 691 g/mol. The Hall–Kier alpha value is -7.36. The molecule has 0 bridgehead atoms. The van der Waals surface area contributed by atoms with Gasteiger partial charge in [-0.15, -0.1) is 0 Å². The van der Waals surface area contributed by atoms with Crippen molar-refractivity contribution in [2.75, 3.05) is 4.90 Å². The molecule has 2 aliphatic rings. The van der Waals surface area contributed by atoms with Gasteiger partial charge < -0.3 is 14.0 Å². The second kappa shape index (κ2) is 12.6. The number of anilines is 2. The number of allylic oxidation sites excluding steroid dienone is 4. The fraction of sp³-hybridized carbons (Fsp3) is 0.0370. The molecule has 3 heteroatoms. The first-order chi connectivity index (χ1) is 33.7. The summed E-state index contributed by atoms with van der Waals surface area (Å²) in [5.74, 6) is -0.289. The highest BCUT2D eigenvalue weighted by Gasteiger charge is 2.36. The number of hydrogen-bond acceptors (Lipinski definition) is 1. The summed E-state index contributed by atoms with van der Waals surface area (Å²) in [5.41, 5.74) is 5.63. The molecule has 3 nitrogen and oxygen atoms in total. The molecule has 0 saturated heterocycles. The van der Waals surface area contributed by atoms with Crippen LogP contribution >= 0.6 is 0 Å². The van der Waals surface area contributed by atoms with E-state index in [4.69, 9.17) is 13.7 Å². The van der Waals surface area contributed by atoms with Gasteiger partial charge in [0.2, 0.25) is 0 Å². The van der Waals surface area contributed by atoms with E-state index in [1.54, 1.807) is 4.90 Å². The molecule has 3 heterocycles. The molecule has 0 N–H and O–H groups in total. The Balaban J connectivity index is 1.19. The Labute approximate surface area is 349 Å². The van der Waals surface area contributed by atoms with E-state index in [-0.39, 0.29) is 11.6 Å². The SMILES string of the molecule is [2H]c1c([2H])c([2H])c(-c2c([2H])c(-c3c([2H])c([2H])c([2H])c([2H])c3[2H])c([2H])c(N3C4=CC=CCC4c4ccc(-n5c6ccccc6c6cccc(-n7c8ccccc8c8ccccc87)c65)cc43)c2[2H])c([2H])c1[2H]. The van der Waals surface area contributed by atoms with Crippen molar-refractivity contribution in [3.8, 4) is 33.6 Å². The largest absolute Gasteiger partial charge is 0.313 e. The highest BCUT2D eigenvalue weighted by molar-refractivity contribution is 6.15. The van der Waals surface area contributed by atoms with Crippen LogP contribution in [0.15, 0.2) is 212 Å². The number of rotatable bonds is 5. The summed E-state index contributed by atoms with van der Waals surface area (Å²) in [4.78, 5) is 1.73. The third kappa shape index (κ3) is 4.85. The number of benzene rings is 8. The summed E-state index contributed by atoms with van der Waals surface area (Å²) in [5, 5.41) is 4.24. The summed E-state index contributed by atoms with van der Waals surface area (Å²) in [6.45, 7) is 0. The molecule has 0 spiro atoms. The van der Waals surface area contributed by atoms with Gasteiger partial charge in [0.05, 0.1) is 51.3 Å². The van der Waals surface area contributed by atoms with Crippen LogP contribution in [0, 0.1) is 0 Å². The smallest absolute Gasteiger partial charge is 0.0782 e. The van der Waals surface area contributed by atoms with Crippen molar-refractivity contribution < 1.29 is 17.8 Å². The molecule has 10 aromatic rings. The number of para-hydroxylation sites is 4. The molecule has 57 heavy (non-hydrogen) atoms. The maximum atomic E-state index is 10.0. The van der Waals surface area contributed by atoms with Crippen LogP contribution in [0.1, 0.15) is 35.7 Å². The molecule has 1 atom stereocenters. The Morgan fingerprint density at radius 3 is 1.72 bits per heavy atom. The van der Waals surface area contributed by atoms with Crippen molar-refractivity contribution >= 4 is 55.0 Å². The molecule has 1 aliphatic carbocycles. The zero-order valence-electron chi connectivity index (χ0n) is 43.3. The van der Waals surface area contributed by atoms with Crippen molar-refractivity contribution in [3.05, 3.63) is 217 Å². The fourth-order valence-corrected chi connectivity index (χ4v) is 8.88. The van der Waals surface area contributed by atoms with Crippen LogP contribution in [-0.4, -0.2) is 9.13 Å². The Bertz CT molecular complexity index is 3850. The quantitative estimate of drug-likeness (QED) is 0.171. The Kier molecular flexibility index (Phi) is 4.78. The summed E-state index contributed by atoms with van der Waals surface area (Å²) in [6, 6.07) is 28.4. The van der Waals surface area contributed by atoms with Gasteiger partial charge in [0.1, 0.15) is 0 Å². The van der Waals surface area contributed by atoms with E-state index < -0.39 is 101 Å². The molecule has 0 amide bonds. The maximum absolute atomic E-state index is 10.0. The molecule has 8 aromatic carbocycles. The fourth-order valence-electron chi connectivity index (χ4n) is 8.88. The van der Waals surface area contributed by atoms with Crippen molar-refractivity contribution in [2.45, 2.75) is 12.3 Å². The van der Waals surface area contributed by atoms with Gasteiger partial charge in [0.15, 0.2) is 0 Å². The highest BCUT2D eigenvalue weighted by atomic mass is 15.2. The average molecular weight is 741 g/mol. The van der Waals surface area contributed by atoms with Gasteiger partial charge in [-0.25, -0.2) is 0 Å². The average Bonchev–Trinajstić information content (AvgIpc) is 4.01. The first kappa shape index (κ1) is 21.7. The van der Waals surface area contributed by atoms with E-state index in [1.165, 1.54) is 0 Å². The molecule has 268 valence electrons. The van der Waals surface area contributed by atoms with Gasteiger partial charge in [-0.1, -0.05) is 145 Å². The van der Waals surface area contributed by atoms with E-state index in [9.17, 15) is 4.11 Å². The van der Waals surface area contributed by atoms with E-state index in [1.807, 2.05) is 66.8 Å². The molecule has 0 fully saturated rings. The van der Waals surface area contributed by atoms with Crippen molar-refractivity contribution in [1.82, 2.24) is 9.13 Å². The zero-order valence-corrected chi connectivity index (χ0v) is 30.3. The van der Waals surface area contributed by atoms with Crippen LogP contribution < -0.4 is 4.90 Å². The summed E-state index contributed by atoms with van der Waals surface area (Å²) >= 11 is 0. The van der Waals surface area contributed by atoms with Gasteiger partial charge in [0.25, 0.3) is 0 Å².